The molecule has 0 amide bonds. The molecule has 0 bridgehead atoms. The monoisotopic (exact) mass is 231 g/mol. The molecular formula is C14H14FNO. The van der Waals surface area contributed by atoms with Crippen molar-refractivity contribution in [1.82, 2.24) is 0 Å². The maximum Gasteiger partial charge on any atom is 0.126 e. The van der Waals surface area contributed by atoms with E-state index in [1.807, 2.05) is 25.1 Å². The van der Waals surface area contributed by atoms with Crippen LogP contribution >= 0.6 is 0 Å². The fourth-order valence-electron chi connectivity index (χ4n) is 1.82. The summed E-state index contributed by atoms with van der Waals surface area (Å²) in [6, 6.07) is 10.0. The van der Waals surface area contributed by atoms with Gasteiger partial charge in [0.05, 0.1) is 7.11 Å². The topological polar surface area (TPSA) is 35.2 Å². The zero-order valence-electron chi connectivity index (χ0n) is 9.83. The van der Waals surface area contributed by atoms with E-state index in [1.54, 1.807) is 13.2 Å². The summed E-state index contributed by atoms with van der Waals surface area (Å²) in [6.07, 6.45) is 0. The van der Waals surface area contributed by atoms with Crippen LogP contribution in [0.3, 0.4) is 0 Å². The molecule has 0 unspecified atom stereocenters. The molecule has 2 N–H and O–H groups in total. The highest BCUT2D eigenvalue weighted by Gasteiger charge is 2.09. The SMILES string of the molecule is COc1ccc(F)cc1-c1cc(N)ccc1C. The summed E-state index contributed by atoms with van der Waals surface area (Å²) in [5.74, 6) is 0.350. The zero-order chi connectivity index (χ0) is 12.4. The number of ether oxygens (including phenoxy) is 1. The van der Waals surface area contributed by atoms with Crippen LogP contribution in [0, 0.1) is 12.7 Å². The van der Waals surface area contributed by atoms with Crippen molar-refractivity contribution in [2.45, 2.75) is 6.92 Å². The third-order valence-corrected chi connectivity index (χ3v) is 2.71. The van der Waals surface area contributed by atoms with Gasteiger partial charge in [0.2, 0.25) is 0 Å². The summed E-state index contributed by atoms with van der Waals surface area (Å²) < 4.78 is 18.6. The number of hydrogen-bond donors (Lipinski definition) is 1. The minimum absolute atomic E-state index is 0.289. The van der Waals surface area contributed by atoms with Crippen LogP contribution < -0.4 is 10.5 Å². The van der Waals surface area contributed by atoms with E-state index in [0.717, 1.165) is 16.7 Å². The number of nitrogens with two attached hydrogens (primary N) is 1. The molecule has 0 aromatic heterocycles. The third-order valence-electron chi connectivity index (χ3n) is 2.71. The molecule has 3 heteroatoms. The number of benzene rings is 2. The van der Waals surface area contributed by atoms with Gasteiger partial charge in [0.25, 0.3) is 0 Å². The number of rotatable bonds is 2. The Morgan fingerprint density at radius 3 is 2.53 bits per heavy atom. The highest BCUT2D eigenvalue weighted by Crippen LogP contribution is 2.33. The summed E-state index contributed by atoms with van der Waals surface area (Å²) in [7, 11) is 1.57. The molecule has 0 saturated carbocycles. The van der Waals surface area contributed by atoms with Gasteiger partial charge in [0.1, 0.15) is 11.6 Å². The second-order valence-corrected chi connectivity index (χ2v) is 3.92. The van der Waals surface area contributed by atoms with E-state index >= 15 is 0 Å². The summed E-state index contributed by atoms with van der Waals surface area (Å²) in [6.45, 7) is 1.96. The zero-order valence-corrected chi connectivity index (χ0v) is 9.83. The average molecular weight is 231 g/mol. The lowest BCUT2D eigenvalue weighted by Gasteiger charge is -2.11. The lowest BCUT2D eigenvalue weighted by molar-refractivity contribution is 0.415. The number of methoxy groups -OCH3 is 1. The first kappa shape index (κ1) is 11.5. The fraction of sp³-hybridized carbons (Fsp3) is 0.143. The van der Waals surface area contributed by atoms with Gasteiger partial charge in [-0.25, -0.2) is 4.39 Å². The van der Waals surface area contributed by atoms with Gasteiger partial charge >= 0.3 is 0 Å². The second kappa shape index (κ2) is 4.45. The Bertz CT molecular complexity index is 552. The predicted molar refractivity (Wildman–Crippen MR) is 67.5 cm³/mol. The molecule has 0 saturated heterocycles. The fourth-order valence-corrected chi connectivity index (χ4v) is 1.82. The molecule has 88 valence electrons. The molecule has 17 heavy (non-hydrogen) atoms. The number of hydrogen-bond acceptors (Lipinski definition) is 2. The Kier molecular flexibility index (Phi) is 3.00. The molecule has 0 heterocycles. The van der Waals surface area contributed by atoms with E-state index in [1.165, 1.54) is 12.1 Å². The van der Waals surface area contributed by atoms with Crippen molar-refractivity contribution < 1.29 is 9.13 Å². The molecule has 2 rings (SSSR count). The maximum atomic E-state index is 13.3. The van der Waals surface area contributed by atoms with Gasteiger partial charge in [-0.05, 0) is 48.4 Å². The standard InChI is InChI=1S/C14H14FNO/c1-9-3-5-11(16)8-12(9)13-7-10(15)4-6-14(13)17-2/h3-8H,16H2,1-2H3. The predicted octanol–water partition coefficient (Wildman–Crippen LogP) is 3.39. The molecule has 0 aliphatic rings. The van der Waals surface area contributed by atoms with E-state index in [2.05, 4.69) is 0 Å². The second-order valence-electron chi connectivity index (χ2n) is 3.92. The lowest BCUT2D eigenvalue weighted by atomic mass is 9.99. The van der Waals surface area contributed by atoms with Crippen molar-refractivity contribution in [2.75, 3.05) is 12.8 Å². The minimum atomic E-state index is -0.289. The third kappa shape index (κ3) is 2.23. The van der Waals surface area contributed by atoms with E-state index in [0.29, 0.717) is 11.4 Å². The van der Waals surface area contributed by atoms with E-state index in [4.69, 9.17) is 10.5 Å². The van der Waals surface area contributed by atoms with Gasteiger partial charge in [0.15, 0.2) is 0 Å². The molecule has 0 spiro atoms. The van der Waals surface area contributed by atoms with Crippen LogP contribution in [0.25, 0.3) is 11.1 Å². The van der Waals surface area contributed by atoms with Crippen LogP contribution in [0.15, 0.2) is 36.4 Å². The highest BCUT2D eigenvalue weighted by molar-refractivity contribution is 5.75. The van der Waals surface area contributed by atoms with Gasteiger partial charge in [0, 0.05) is 11.3 Å². The molecular weight excluding hydrogens is 217 g/mol. The van der Waals surface area contributed by atoms with Gasteiger partial charge < -0.3 is 10.5 Å². The maximum absolute atomic E-state index is 13.3. The molecule has 0 fully saturated rings. The molecule has 2 aromatic rings. The van der Waals surface area contributed by atoms with E-state index in [-0.39, 0.29) is 5.82 Å². The first-order valence-electron chi connectivity index (χ1n) is 5.32. The average Bonchev–Trinajstić information content (AvgIpc) is 2.32. The Balaban J connectivity index is 2.66. The van der Waals surface area contributed by atoms with Crippen LogP contribution in [0.4, 0.5) is 10.1 Å². The van der Waals surface area contributed by atoms with Crippen molar-refractivity contribution >= 4 is 5.69 Å². The Labute approximate surface area is 99.8 Å². The smallest absolute Gasteiger partial charge is 0.126 e. The molecule has 0 aliphatic carbocycles. The Hall–Kier alpha value is -2.03. The van der Waals surface area contributed by atoms with Crippen molar-refractivity contribution in [3.8, 4) is 16.9 Å². The summed E-state index contributed by atoms with van der Waals surface area (Å²) in [5.41, 5.74) is 9.05. The Morgan fingerprint density at radius 1 is 1.06 bits per heavy atom. The number of nitrogen functional groups attached to an aromatic ring is 1. The van der Waals surface area contributed by atoms with Crippen LogP contribution in [-0.4, -0.2) is 7.11 Å². The largest absolute Gasteiger partial charge is 0.496 e. The minimum Gasteiger partial charge on any atom is -0.496 e. The lowest BCUT2D eigenvalue weighted by Crippen LogP contribution is -1.93. The first-order chi connectivity index (χ1) is 8.11. The molecule has 2 aromatic carbocycles. The number of anilines is 1. The van der Waals surface area contributed by atoms with E-state index < -0.39 is 0 Å². The van der Waals surface area contributed by atoms with Gasteiger partial charge in [-0.15, -0.1) is 0 Å². The van der Waals surface area contributed by atoms with E-state index in [9.17, 15) is 4.39 Å². The molecule has 0 radical (unpaired) electrons. The first-order valence-corrected chi connectivity index (χ1v) is 5.32. The number of aryl methyl sites for hydroxylation is 1. The van der Waals surface area contributed by atoms with Gasteiger partial charge in [-0.3, -0.25) is 0 Å². The summed E-state index contributed by atoms with van der Waals surface area (Å²) in [4.78, 5) is 0. The van der Waals surface area contributed by atoms with Crippen molar-refractivity contribution in [3.63, 3.8) is 0 Å². The molecule has 2 nitrogen and oxygen atoms in total. The van der Waals surface area contributed by atoms with Gasteiger partial charge in [-0.2, -0.15) is 0 Å². The van der Waals surface area contributed by atoms with Crippen LogP contribution in [0.2, 0.25) is 0 Å². The van der Waals surface area contributed by atoms with Crippen LogP contribution in [0.5, 0.6) is 5.75 Å². The van der Waals surface area contributed by atoms with Crippen molar-refractivity contribution in [1.29, 1.82) is 0 Å². The Morgan fingerprint density at radius 2 is 1.82 bits per heavy atom. The van der Waals surface area contributed by atoms with Crippen molar-refractivity contribution in [3.05, 3.63) is 47.8 Å². The van der Waals surface area contributed by atoms with Crippen molar-refractivity contribution in [2.24, 2.45) is 0 Å². The normalized spacial score (nSPS) is 10.3. The van der Waals surface area contributed by atoms with Crippen LogP contribution in [-0.2, 0) is 0 Å². The van der Waals surface area contributed by atoms with Gasteiger partial charge in [-0.1, -0.05) is 6.07 Å². The molecule has 0 atom stereocenters. The number of halogens is 1. The highest BCUT2D eigenvalue weighted by atomic mass is 19.1. The quantitative estimate of drug-likeness (QED) is 0.804. The molecule has 0 aliphatic heterocycles. The summed E-state index contributed by atoms with van der Waals surface area (Å²) >= 11 is 0. The summed E-state index contributed by atoms with van der Waals surface area (Å²) in [5, 5.41) is 0. The van der Waals surface area contributed by atoms with Crippen LogP contribution in [0.1, 0.15) is 5.56 Å².